The van der Waals surface area contributed by atoms with Gasteiger partial charge in [0.1, 0.15) is 11.3 Å². The zero-order valence-electron chi connectivity index (χ0n) is 18.7. The van der Waals surface area contributed by atoms with E-state index in [1.165, 1.54) is 12.2 Å². The number of aryl methyl sites for hydroxylation is 2. The van der Waals surface area contributed by atoms with Gasteiger partial charge in [-0.3, -0.25) is 14.4 Å². The Labute approximate surface area is 177 Å². The number of carbonyl (C=O) groups is 2. The zero-order chi connectivity index (χ0) is 22.1. The lowest BCUT2D eigenvalue weighted by atomic mass is 9.77. The summed E-state index contributed by atoms with van der Waals surface area (Å²) in [5.41, 5.74) is 2.18. The van der Waals surface area contributed by atoms with Gasteiger partial charge in [0.25, 0.3) is 5.91 Å². The van der Waals surface area contributed by atoms with Gasteiger partial charge in [0.05, 0.1) is 12.7 Å². The first-order chi connectivity index (χ1) is 14.3. The summed E-state index contributed by atoms with van der Waals surface area (Å²) in [7, 11) is 4.71. The van der Waals surface area contributed by atoms with Crippen molar-refractivity contribution in [2.75, 3.05) is 21.3 Å². The molecular formula is C23H31NO6. The van der Waals surface area contributed by atoms with Crippen LogP contribution in [0.2, 0.25) is 0 Å². The van der Waals surface area contributed by atoms with E-state index in [4.69, 9.17) is 19.0 Å². The molecule has 1 saturated carbocycles. The SMILES string of the molecule is CCC(=O)OC1=C(c2c(C)cccc2C)C(=O)N(OC)C12CCC(OC)(OC)CC2. The van der Waals surface area contributed by atoms with Crippen LogP contribution in [0.1, 0.15) is 55.7 Å². The van der Waals surface area contributed by atoms with Crippen LogP contribution in [0, 0.1) is 13.8 Å². The van der Waals surface area contributed by atoms with Crippen LogP contribution in [0.25, 0.3) is 5.57 Å². The van der Waals surface area contributed by atoms with Crippen molar-refractivity contribution < 1.29 is 28.6 Å². The first-order valence-electron chi connectivity index (χ1n) is 10.3. The average Bonchev–Trinajstić information content (AvgIpc) is 2.96. The molecule has 3 rings (SSSR count). The van der Waals surface area contributed by atoms with E-state index in [0.717, 1.165) is 16.7 Å². The van der Waals surface area contributed by atoms with E-state index in [-0.39, 0.29) is 18.3 Å². The molecule has 2 aliphatic rings. The van der Waals surface area contributed by atoms with Crippen LogP contribution < -0.4 is 0 Å². The lowest BCUT2D eigenvalue weighted by Gasteiger charge is -2.46. The lowest BCUT2D eigenvalue weighted by Crippen LogP contribution is -2.54. The number of esters is 1. The van der Waals surface area contributed by atoms with Crippen LogP contribution in [0.15, 0.2) is 24.0 Å². The minimum Gasteiger partial charge on any atom is -0.428 e. The van der Waals surface area contributed by atoms with E-state index in [1.54, 1.807) is 21.1 Å². The number of ether oxygens (including phenoxy) is 3. The van der Waals surface area contributed by atoms with Crippen LogP contribution in [-0.4, -0.2) is 49.6 Å². The number of amides is 1. The summed E-state index contributed by atoms with van der Waals surface area (Å²) < 4.78 is 17.1. The van der Waals surface area contributed by atoms with Crippen molar-refractivity contribution in [2.24, 2.45) is 0 Å². The predicted molar refractivity (Wildman–Crippen MR) is 111 cm³/mol. The van der Waals surface area contributed by atoms with Crippen LogP contribution in [0.3, 0.4) is 0 Å². The molecule has 1 aromatic rings. The molecule has 1 heterocycles. The summed E-state index contributed by atoms with van der Waals surface area (Å²) in [5, 5.41) is 1.38. The molecule has 1 spiro atoms. The Kier molecular flexibility index (Phi) is 6.36. The normalized spacial score (nSPS) is 20.2. The summed E-state index contributed by atoms with van der Waals surface area (Å²) in [5.74, 6) is -1.03. The maximum atomic E-state index is 13.6. The third kappa shape index (κ3) is 3.45. The molecular weight excluding hydrogens is 386 g/mol. The molecule has 0 radical (unpaired) electrons. The van der Waals surface area contributed by atoms with E-state index in [9.17, 15) is 9.59 Å². The van der Waals surface area contributed by atoms with Crippen molar-refractivity contribution in [3.05, 3.63) is 40.6 Å². The number of hydrogen-bond acceptors (Lipinski definition) is 6. The van der Waals surface area contributed by atoms with E-state index in [0.29, 0.717) is 37.0 Å². The van der Waals surface area contributed by atoms with E-state index < -0.39 is 11.3 Å². The van der Waals surface area contributed by atoms with Crippen molar-refractivity contribution in [1.82, 2.24) is 5.06 Å². The van der Waals surface area contributed by atoms with E-state index in [2.05, 4.69) is 0 Å². The van der Waals surface area contributed by atoms with Gasteiger partial charge >= 0.3 is 5.97 Å². The maximum absolute atomic E-state index is 13.6. The summed E-state index contributed by atoms with van der Waals surface area (Å²) in [6.45, 7) is 5.64. The van der Waals surface area contributed by atoms with Gasteiger partial charge in [-0.1, -0.05) is 25.1 Å². The summed E-state index contributed by atoms with van der Waals surface area (Å²) in [6, 6.07) is 5.85. The molecule has 1 aromatic carbocycles. The minimum absolute atomic E-state index is 0.209. The standard InChI is InChI=1S/C23H31NO6/c1-7-17(25)30-20-19(18-15(2)9-8-10-16(18)3)21(26)24(29-6)22(20)11-13-23(27-4,28-5)14-12-22/h8-10H,7,11-14H2,1-6H3. The van der Waals surface area contributed by atoms with Gasteiger partial charge in [0.15, 0.2) is 5.79 Å². The Hall–Kier alpha value is -2.22. The Morgan fingerprint density at radius 1 is 1.03 bits per heavy atom. The molecule has 164 valence electrons. The molecule has 1 fully saturated rings. The first kappa shape index (κ1) is 22.5. The molecule has 0 aromatic heterocycles. The average molecular weight is 418 g/mol. The number of hydroxylamine groups is 2. The van der Waals surface area contributed by atoms with Gasteiger partial charge < -0.3 is 14.2 Å². The fourth-order valence-electron chi connectivity index (χ4n) is 4.70. The summed E-state index contributed by atoms with van der Waals surface area (Å²) in [4.78, 5) is 31.6. The molecule has 0 atom stereocenters. The van der Waals surface area contributed by atoms with Gasteiger partial charge in [-0.25, -0.2) is 5.06 Å². The third-order valence-corrected chi connectivity index (χ3v) is 6.44. The van der Waals surface area contributed by atoms with Crippen molar-refractivity contribution in [3.8, 4) is 0 Å². The minimum atomic E-state index is -0.888. The topological polar surface area (TPSA) is 74.3 Å². The largest absolute Gasteiger partial charge is 0.428 e. The number of rotatable bonds is 6. The number of carbonyl (C=O) groups excluding carboxylic acids is 2. The van der Waals surface area contributed by atoms with Gasteiger partial charge in [-0.05, 0) is 43.4 Å². The Morgan fingerprint density at radius 2 is 1.60 bits per heavy atom. The van der Waals surface area contributed by atoms with Crippen molar-refractivity contribution in [3.63, 3.8) is 0 Å². The molecule has 30 heavy (non-hydrogen) atoms. The Morgan fingerprint density at radius 3 is 2.07 bits per heavy atom. The monoisotopic (exact) mass is 417 g/mol. The third-order valence-electron chi connectivity index (χ3n) is 6.44. The van der Waals surface area contributed by atoms with Gasteiger partial charge in [-0.15, -0.1) is 0 Å². The molecule has 0 bridgehead atoms. The van der Waals surface area contributed by atoms with Crippen LogP contribution in [-0.2, 0) is 28.6 Å². The fourth-order valence-corrected chi connectivity index (χ4v) is 4.70. The number of nitrogens with zero attached hydrogens (tertiary/aromatic N) is 1. The smallest absolute Gasteiger partial charge is 0.310 e. The molecule has 1 amide bonds. The highest BCUT2D eigenvalue weighted by Crippen LogP contribution is 2.52. The second kappa shape index (κ2) is 8.49. The lowest BCUT2D eigenvalue weighted by molar-refractivity contribution is -0.255. The van der Waals surface area contributed by atoms with Crippen molar-refractivity contribution in [2.45, 2.75) is 64.2 Å². The predicted octanol–water partition coefficient (Wildman–Crippen LogP) is 3.67. The first-order valence-corrected chi connectivity index (χ1v) is 10.3. The summed E-state index contributed by atoms with van der Waals surface area (Å²) >= 11 is 0. The quantitative estimate of drug-likeness (QED) is 0.519. The molecule has 0 saturated heterocycles. The molecule has 7 heteroatoms. The van der Waals surface area contributed by atoms with Crippen molar-refractivity contribution >= 4 is 17.4 Å². The highest BCUT2D eigenvalue weighted by molar-refractivity contribution is 6.23. The number of methoxy groups -OCH3 is 2. The maximum Gasteiger partial charge on any atom is 0.310 e. The summed E-state index contributed by atoms with van der Waals surface area (Å²) in [6.07, 6.45) is 2.23. The second-order valence-electron chi connectivity index (χ2n) is 7.93. The number of benzene rings is 1. The molecule has 7 nitrogen and oxygen atoms in total. The highest BCUT2D eigenvalue weighted by Gasteiger charge is 2.59. The van der Waals surface area contributed by atoms with Crippen LogP contribution in [0.5, 0.6) is 0 Å². The highest BCUT2D eigenvalue weighted by atomic mass is 16.7. The Balaban J connectivity index is 2.21. The fraction of sp³-hybridized carbons (Fsp3) is 0.565. The van der Waals surface area contributed by atoms with Gasteiger partial charge in [-0.2, -0.15) is 0 Å². The van der Waals surface area contributed by atoms with Crippen molar-refractivity contribution in [1.29, 1.82) is 0 Å². The second-order valence-corrected chi connectivity index (χ2v) is 7.93. The Bertz CT molecular complexity index is 840. The van der Waals surface area contributed by atoms with E-state index in [1.807, 2.05) is 32.0 Å². The molecule has 0 N–H and O–H groups in total. The van der Waals surface area contributed by atoms with Gasteiger partial charge in [0, 0.05) is 33.5 Å². The molecule has 0 unspecified atom stereocenters. The van der Waals surface area contributed by atoms with E-state index >= 15 is 0 Å². The molecule has 1 aliphatic heterocycles. The van der Waals surface area contributed by atoms with Crippen LogP contribution >= 0.6 is 0 Å². The zero-order valence-corrected chi connectivity index (χ0v) is 18.7. The molecule has 1 aliphatic carbocycles. The van der Waals surface area contributed by atoms with Gasteiger partial charge in [0.2, 0.25) is 0 Å². The van der Waals surface area contributed by atoms with Crippen LogP contribution in [0.4, 0.5) is 0 Å². The number of hydrogen-bond donors (Lipinski definition) is 0.